The first kappa shape index (κ1) is 35.6. The number of alkyl halides is 3. The van der Waals surface area contributed by atoms with Gasteiger partial charge in [-0.3, -0.25) is 14.6 Å². The lowest BCUT2D eigenvalue weighted by molar-refractivity contribution is -0.137. The number of hydrogen-bond donors (Lipinski definition) is 1. The fourth-order valence-corrected chi connectivity index (χ4v) is 8.46. The Kier molecular flexibility index (Phi) is 9.72. The van der Waals surface area contributed by atoms with Crippen LogP contribution in [0.5, 0.6) is 0 Å². The molecule has 3 fully saturated rings. The third kappa shape index (κ3) is 7.55. The summed E-state index contributed by atoms with van der Waals surface area (Å²) in [5, 5.41) is 3.61. The minimum atomic E-state index is -4.58. The van der Waals surface area contributed by atoms with Crippen LogP contribution in [0.2, 0.25) is 0 Å². The molecule has 4 aromatic rings. The van der Waals surface area contributed by atoms with E-state index in [1.807, 2.05) is 30.3 Å². The zero-order valence-electron chi connectivity index (χ0n) is 28.9. The van der Waals surface area contributed by atoms with Gasteiger partial charge in [0.25, 0.3) is 5.91 Å². The van der Waals surface area contributed by atoms with Crippen molar-refractivity contribution < 1.29 is 31.1 Å². The molecule has 12 heteroatoms. The van der Waals surface area contributed by atoms with Crippen LogP contribution in [0.25, 0.3) is 22.2 Å². The SMILES string of the molecule is COC1CCCN(C2CCN(Cc3c(-c4cccc(C(F)(F)F)c4)nc4ccc(S(C)(=O)=O)cc4c3C(=O)NC3(c4ccccc4)CC3)CC2)C1. The van der Waals surface area contributed by atoms with Crippen molar-refractivity contribution in [3.05, 3.63) is 95.1 Å². The molecular formula is C39H43F3N4O4S. The number of aromatic nitrogens is 1. The molecule has 1 atom stereocenters. The molecule has 1 N–H and O–H groups in total. The highest BCUT2D eigenvalue weighted by atomic mass is 32.2. The number of carbonyl (C=O) groups excluding carboxylic acids is 1. The van der Waals surface area contributed by atoms with Gasteiger partial charge in [0, 0.05) is 49.0 Å². The lowest BCUT2D eigenvalue weighted by Gasteiger charge is -2.42. The van der Waals surface area contributed by atoms with E-state index in [2.05, 4.69) is 15.1 Å². The van der Waals surface area contributed by atoms with E-state index in [4.69, 9.17) is 9.72 Å². The monoisotopic (exact) mass is 720 g/mol. The highest BCUT2D eigenvalue weighted by Crippen LogP contribution is 2.46. The van der Waals surface area contributed by atoms with Crippen molar-refractivity contribution >= 4 is 26.6 Å². The maximum Gasteiger partial charge on any atom is 0.416 e. The molecule has 2 aliphatic heterocycles. The first-order valence-corrected chi connectivity index (χ1v) is 19.5. The van der Waals surface area contributed by atoms with Gasteiger partial charge in [0.1, 0.15) is 0 Å². The van der Waals surface area contributed by atoms with Crippen LogP contribution in [-0.2, 0) is 32.8 Å². The molecule has 0 spiro atoms. The number of rotatable bonds is 9. The lowest BCUT2D eigenvalue weighted by Crippen LogP contribution is -2.49. The van der Waals surface area contributed by atoms with Gasteiger partial charge in [-0.25, -0.2) is 13.4 Å². The van der Waals surface area contributed by atoms with E-state index < -0.39 is 33.0 Å². The highest BCUT2D eigenvalue weighted by Gasteiger charge is 2.46. The average molecular weight is 721 g/mol. The lowest BCUT2D eigenvalue weighted by atomic mass is 9.93. The van der Waals surface area contributed by atoms with Gasteiger partial charge >= 0.3 is 6.18 Å². The number of halogens is 3. The Morgan fingerprint density at radius 2 is 1.73 bits per heavy atom. The van der Waals surface area contributed by atoms with Crippen molar-refractivity contribution in [1.82, 2.24) is 20.1 Å². The Balaban J connectivity index is 1.33. The summed E-state index contributed by atoms with van der Waals surface area (Å²) >= 11 is 0. The maximum absolute atomic E-state index is 14.7. The van der Waals surface area contributed by atoms with Crippen LogP contribution in [0, 0.1) is 0 Å². The second kappa shape index (κ2) is 13.9. The number of methoxy groups -OCH3 is 1. The molecule has 0 radical (unpaired) electrons. The van der Waals surface area contributed by atoms with E-state index in [1.165, 1.54) is 24.3 Å². The van der Waals surface area contributed by atoms with E-state index in [0.29, 0.717) is 22.5 Å². The molecule has 3 aliphatic rings. The van der Waals surface area contributed by atoms with Gasteiger partial charge in [0.05, 0.1) is 38.9 Å². The number of benzene rings is 3. The number of likely N-dealkylation sites (tertiary alicyclic amines) is 2. The number of carbonyl (C=O) groups is 1. The summed E-state index contributed by atoms with van der Waals surface area (Å²) in [5.41, 5.74) is 1.10. The van der Waals surface area contributed by atoms with E-state index in [-0.39, 0.29) is 34.4 Å². The number of hydrogen-bond acceptors (Lipinski definition) is 7. The average Bonchev–Trinajstić information content (AvgIpc) is 3.91. The summed E-state index contributed by atoms with van der Waals surface area (Å²) in [5.74, 6) is -0.411. The number of fused-ring (bicyclic) bond motifs is 1. The Bertz CT molecular complexity index is 2030. The summed E-state index contributed by atoms with van der Waals surface area (Å²) in [4.78, 5) is 24.4. The molecule has 7 rings (SSSR count). The molecule has 3 aromatic carbocycles. The smallest absolute Gasteiger partial charge is 0.380 e. The van der Waals surface area contributed by atoms with E-state index in [1.54, 1.807) is 13.2 Å². The molecule has 51 heavy (non-hydrogen) atoms. The van der Waals surface area contributed by atoms with Crippen molar-refractivity contribution in [2.45, 2.75) is 73.8 Å². The van der Waals surface area contributed by atoms with Crippen LogP contribution < -0.4 is 5.32 Å². The minimum absolute atomic E-state index is 0.0320. The summed E-state index contributed by atoms with van der Waals surface area (Å²) in [6.45, 7) is 3.61. The number of piperidine rings is 2. The number of pyridine rings is 1. The first-order valence-electron chi connectivity index (χ1n) is 17.6. The van der Waals surface area contributed by atoms with E-state index in [0.717, 1.165) is 88.7 Å². The second-order valence-corrected chi connectivity index (χ2v) is 16.3. The van der Waals surface area contributed by atoms with Gasteiger partial charge in [-0.1, -0.05) is 42.5 Å². The van der Waals surface area contributed by atoms with Crippen LogP contribution in [0.1, 0.15) is 65.6 Å². The molecule has 2 saturated heterocycles. The maximum atomic E-state index is 14.7. The van der Waals surface area contributed by atoms with Crippen molar-refractivity contribution in [2.24, 2.45) is 0 Å². The van der Waals surface area contributed by atoms with Gasteiger partial charge in [0.15, 0.2) is 9.84 Å². The molecule has 1 aromatic heterocycles. The standard InChI is InChI=1S/C39H43F3N4O4S/c1-50-30-12-7-19-46(24-30)29-15-20-45(21-16-29)25-33-35(37(47)44-38(17-18-38)27-9-4-3-5-10-27)32-23-31(51(2,48)49)13-14-34(32)43-36(33)26-8-6-11-28(22-26)39(40,41)42/h3-6,8-11,13-14,22-23,29-30H,7,12,15-21,24-25H2,1-2H3,(H,44,47). The zero-order chi connectivity index (χ0) is 36.0. The predicted octanol–water partition coefficient (Wildman–Crippen LogP) is 6.82. The number of nitrogens with zero attached hydrogens (tertiary/aromatic N) is 3. The quantitative estimate of drug-likeness (QED) is 0.203. The molecule has 1 unspecified atom stereocenters. The van der Waals surface area contributed by atoms with Crippen LogP contribution in [-0.4, -0.2) is 80.8 Å². The van der Waals surface area contributed by atoms with Crippen molar-refractivity contribution in [1.29, 1.82) is 0 Å². The van der Waals surface area contributed by atoms with Crippen LogP contribution in [0.4, 0.5) is 13.2 Å². The summed E-state index contributed by atoms with van der Waals surface area (Å²) < 4.78 is 73.2. The van der Waals surface area contributed by atoms with Crippen LogP contribution in [0.15, 0.2) is 77.7 Å². The topological polar surface area (TPSA) is 91.8 Å². The van der Waals surface area contributed by atoms with Crippen molar-refractivity contribution in [2.75, 3.05) is 39.5 Å². The van der Waals surface area contributed by atoms with Crippen molar-refractivity contribution in [3.8, 4) is 11.3 Å². The highest BCUT2D eigenvalue weighted by molar-refractivity contribution is 7.90. The predicted molar refractivity (Wildman–Crippen MR) is 190 cm³/mol. The normalized spacial score (nSPS) is 20.4. The Hall–Kier alpha value is -3.84. The van der Waals surface area contributed by atoms with E-state index >= 15 is 0 Å². The Morgan fingerprint density at radius 3 is 2.39 bits per heavy atom. The molecule has 1 amide bonds. The fraction of sp³-hybridized carbons (Fsp3) is 0.436. The van der Waals surface area contributed by atoms with E-state index in [9.17, 15) is 26.4 Å². The van der Waals surface area contributed by atoms with Crippen molar-refractivity contribution in [3.63, 3.8) is 0 Å². The molecule has 0 bridgehead atoms. The molecule has 8 nitrogen and oxygen atoms in total. The number of sulfone groups is 1. The Labute approximate surface area is 296 Å². The molecule has 1 aliphatic carbocycles. The third-order valence-electron chi connectivity index (χ3n) is 10.8. The van der Waals surface area contributed by atoms with Gasteiger partial charge in [-0.2, -0.15) is 13.2 Å². The first-order chi connectivity index (χ1) is 24.3. The van der Waals surface area contributed by atoms with Gasteiger partial charge in [0.2, 0.25) is 0 Å². The molecule has 3 heterocycles. The third-order valence-corrected chi connectivity index (χ3v) is 11.9. The Morgan fingerprint density at radius 1 is 0.980 bits per heavy atom. The fourth-order valence-electron chi connectivity index (χ4n) is 7.81. The number of ether oxygens (including phenoxy) is 1. The van der Waals surface area contributed by atoms with Gasteiger partial charge in [-0.05, 0) is 94.1 Å². The molecule has 1 saturated carbocycles. The molecule has 270 valence electrons. The number of nitrogens with one attached hydrogen (secondary N) is 1. The number of amides is 1. The van der Waals surface area contributed by atoms with Crippen LogP contribution >= 0.6 is 0 Å². The second-order valence-electron chi connectivity index (χ2n) is 14.2. The van der Waals surface area contributed by atoms with Crippen LogP contribution in [0.3, 0.4) is 0 Å². The summed E-state index contributed by atoms with van der Waals surface area (Å²) in [7, 11) is -1.90. The molecular weight excluding hydrogens is 678 g/mol. The minimum Gasteiger partial charge on any atom is -0.380 e. The summed E-state index contributed by atoms with van der Waals surface area (Å²) in [6, 6.07) is 19.5. The zero-order valence-corrected chi connectivity index (χ0v) is 29.7. The van der Waals surface area contributed by atoms with Gasteiger partial charge < -0.3 is 10.1 Å². The summed E-state index contributed by atoms with van der Waals surface area (Å²) in [6.07, 6.45) is 2.13. The van der Waals surface area contributed by atoms with Gasteiger partial charge in [-0.15, -0.1) is 0 Å². The largest absolute Gasteiger partial charge is 0.416 e.